The third-order valence-corrected chi connectivity index (χ3v) is 4.77. The molecule has 3 rings (SSSR count). The summed E-state index contributed by atoms with van der Waals surface area (Å²) in [7, 11) is 1.27. The number of ether oxygens (including phenoxy) is 3. The first-order valence-corrected chi connectivity index (χ1v) is 10.4. The maximum Gasteiger partial charge on any atom is 0.338 e. The summed E-state index contributed by atoms with van der Waals surface area (Å²) >= 11 is 0. The molecule has 0 fully saturated rings. The third-order valence-electron chi connectivity index (χ3n) is 4.77. The van der Waals surface area contributed by atoms with Gasteiger partial charge in [0.15, 0.2) is 5.78 Å². The highest BCUT2D eigenvalue weighted by Gasteiger charge is 2.17. The van der Waals surface area contributed by atoms with E-state index in [1.54, 1.807) is 24.3 Å². The zero-order valence-corrected chi connectivity index (χ0v) is 18.7. The topological polar surface area (TPSA) is 90.9 Å². The molecule has 1 N–H and O–H groups in total. The molecule has 0 aromatic heterocycles. The fourth-order valence-electron chi connectivity index (χ4n) is 3.11. The molecule has 0 bridgehead atoms. The number of benzene rings is 3. The van der Waals surface area contributed by atoms with Gasteiger partial charge in [-0.1, -0.05) is 30.3 Å². The Balaban J connectivity index is 1.90. The van der Waals surface area contributed by atoms with Gasteiger partial charge in [-0.15, -0.1) is 0 Å². The van der Waals surface area contributed by atoms with E-state index in [1.165, 1.54) is 26.2 Å². The SMILES string of the molecule is CCOc1ccc(C(C)=O)cc1NC(=O)c1cc(OCc2ccccc2)cc(C(=O)OC)c1. The number of ketones is 1. The summed E-state index contributed by atoms with van der Waals surface area (Å²) < 4.78 is 16.2. The van der Waals surface area contributed by atoms with Crippen molar-refractivity contribution in [1.82, 2.24) is 0 Å². The molecule has 170 valence electrons. The monoisotopic (exact) mass is 447 g/mol. The number of hydrogen-bond donors (Lipinski definition) is 1. The number of anilines is 1. The van der Waals surface area contributed by atoms with Crippen LogP contribution in [0.15, 0.2) is 66.7 Å². The average Bonchev–Trinajstić information content (AvgIpc) is 2.83. The molecular formula is C26H25NO6. The Bertz CT molecular complexity index is 1160. The Morgan fingerprint density at radius 1 is 0.848 bits per heavy atom. The lowest BCUT2D eigenvalue weighted by molar-refractivity contribution is 0.0600. The van der Waals surface area contributed by atoms with Crippen molar-refractivity contribution in [3.63, 3.8) is 0 Å². The summed E-state index contributed by atoms with van der Waals surface area (Å²) in [5.74, 6) is -0.456. The van der Waals surface area contributed by atoms with Gasteiger partial charge in [-0.3, -0.25) is 9.59 Å². The van der Waals surface area contributed by atoms with E-state index in [1.807, 2.05) is 37.3 Å². The van der Waals surface area contributed by atoms with E-state index in [9.17, 15) is 14.4 Å². The molecule has 0 saturated carbocycles. The number of esters is 1. The summed E-state index contributed by atoms with van der Waals surface area (Å²) in [6.07, 6.45) is 0. The van der Waals surface area contributed by atoms with Crippen molar-refractivity contribution in [2.45, 2.75) is 20.5 Å². The molecule has 33 heavy (non-hydrogen) atoms. The summed E-state index contributed by atoms with van der Waals surface area (Å²) in [6.45, 7) is 3.91. The van der Waals surface area contributed by atoms with Crippen molar-refractivity contribution in [3.8, 4) is 11.5 Å². The molecule has 0 saturated heterocycles. The molecule has 7 heteroatoms. The van der Waals surface area contributed by atoms with Crippen LogP contribution in [0.1, 0.15) is 50.5 Å². The average molecular weight is 447 g/mol. The van der Waals surface area contributed by atoms with E-state index in [0.717, 1.165) is 5.56 Å². The fraction of sp³-hybridized carbons (Fsp3) is 0.192. The Morgan fingerprint density at radius 2 is 1.58 bits per heavy atom. The van der Waals surface area contributed by atoms with Gasteiger partial charge >= 0.3 is 5.97 Å². The van der Waals surface area contributed by atoms with Gasteiger partial charge in [0.2, 0.25) is 0 Å². The molecule has 3 aromatic carbocycles. The largest absolute Gasteiger partial charge is 0.492 e. The van der Waals surface area contributed by atoms with E-state index in [-0.39, 0.29) is 23.5 Å². The van der Waals surface area contributed by atoms with Crippen LogP contribution in [0.3, 0.4) is 0 Å². The van der Waals surface area contributed by atoms with Gasteiger partial charge in [0.1, 0.15) is 18.1 Å². The number of methoxy groups -OCH3 is 1. The molecule has 1 amide bonds. The Hall–Kier alpha value is -4.13. The predicted octanol–water partition coefficient (Wildman–Crippen LogP) is 4.91. The first-order valence-electron chi connectivity index (χ1n) is 10.4. The molecule has 0 atom stereocenters. The van der Waals surface area contributed by atoms with Crippen LogP contribution in [0.2, 0.25) is 0 Å². The molecule has 0 aliphatic carbocycles. The van der Waals surface area contributed by atoms with Gasteiger partial charge in [0, 0.05) is 11.1 Å². The van der Waals surface area contributed by atoms with Crippen LogP contribution < -0.4 is 14.8 Å². The smallest absolute Gasteiger partial charge is 0.338 e. The van der Waals surface area contributed by atoms with E-state index < -0.39 is 11.9 Å². The molecule has 3 aromatic rings. The van der Waals surface area contributed by atoms with E-state index in [4.69, 9.17) is 14.2 Å². The van der Waals surface area contributed by atoms with Crippen LogP contribution in [-0.2, 0) is 11.3 Å². The number of carbonyl (C=O) groups is 3. The second-order valence-electron chi connectivity index (χ2n) is 7.17. The standard InChI is InChI=1S/C26H25NO6/c1-4-32-24-11-10-19(17(2)28)15-23(24)27-25(29)20-12-21(26(30)31-3)14-22(13-20)33-16-18-8-6-5-7-9-18/h5-15H,4,16H2,1-3H3,(H,27,29). The van der Waals surface area contributed by atoms with E-state index in [2.05, 4.69) is 5.32 Å². The quantitative estimate of drug-likeness (QED) is 0.370. The first kappa shape index (κ1) is 23.5. The molecule has 0 heterocycles. The van der Waals surface area contributed by atoms with Gasteiger partial charge in [0.05, 0.1) is 25.0 Å². The predicted molar refractivity (Wildman–Crippen MR) is 124 cm³/mol. The normalized spacial score (nSPS) is 10.3. The van der Waals surface area contributed by atoms with Crippen LogP contribution in [0.5, 0.6) is 11.5 Å². The minimum Gasteiger partial charge on any atom is -0.492 e. The molecule has 0 aliphatic heterocycles. The molecule has 0 aliphatic rings. The summed E-state index contributed by atoms with van der Waals surface area (Å²) in [4.78, 5) is 37.0. The van der Waals surface area contributed by atoms with Crippen molar-refractivity contribution in [3.05, 3.63) is 89.0 Å². The minimum absolute atomic E-state index is 0.141. The fourth-order valence-corrected chi connectivity index (χ4v) is 3.11. The number of rotatable bonds is 9. The third kappa shape index (κ3) is 6.20. The van der Waals surface area contributed by atoms with Crippen LogP contribution in [0.4, 0.5) is 5.69 Å². The van der Waals surface area contributed by atoms with Crippen LogP contribution in [-0.4, -0.2) is 31.4 Å². The number of Topliss-reactive ketones (excluding diaryl/α,β-unsaturated/α-hetero) is 1. The van der Waals surface area contributed by atoms with Crippen molar-refractivity contribution in [1.29, 1.82) is 0 Å². The second kappa shape index (κ2) is 10.9. The van der Waals surface area contributed by atoms with Crippen molar-refractivity contribution >= 4 is 23.3 Å². The number of amides is 1. The number of carbonyl (C=O) groups excluding carboxylic acids is 3. The lowest BCUT2D eigenvalue weighted by Gasteiger charge is -2.14. The molecule has 0 radical (unpaired) electrons. The highest BCUT2D eigenvalue weighted by molar-refractivity contribution is 6.07. The highest BCUT2D eigenvalue weighted by Crippen LogP contribution is 2.28. The highest BCUT2D eigenvalue weighted by atomic mass is 16.5. The van der Waals surface area contributed by atoms with Gasteiger partial charge in [-0.25, -0.2) is 4.79 Å². The summed E-state index contributed by atoms with van der Waals surface area (Å²) in [5, 5.41) is 2.77. The van der Waals surface area contributed by atoms with Gasteiger partial charge in [-0.05, 0) is 55.8 Å². The summed E-state index contributed by atoms with van der Waals surface area (Å²) in [5.41, 5.74) is 2.09. The van der Waals surface area contributed by atoms with Crippen LogP contribution in [0.25, 0.3) is 0 Å². The molecule has 7 nitrogen and oxygen atoms in total. The van der Waals surface area contributed by atoms with Crippen LogP contribution >= 0.6 is 0 Å². The molecule has 0 unspecified atom stereocenters. The number of nitrogens with one attached hydrogen (secondary N) is 1. The van der Waals surface area contributed by atoms with Gasteiger partial charge in [0.25, 0.3) is 5.91 Å². The first-order chi connectivity index (χ1) is 15.9. The maximum absolute atomic E-state index is 13.1. The number of hydrogen-bond acceptors (Lipinski definition) is 6. The van der Waals surface area contributed by atoms with E-state index >= 15 is 0 Å². The van der Waals surface area contributed by atoms with Crippen molar-refractivity contribution < 1.29 is 28.6 Å². The Kier molecular flexibility index (Phi) is 7.81. The Labute approximate surface area is 192 Å². The zero-order valence-electron chi connectivity index (χ0n) is 18.7. The lowest BCUT2D eigenvalue weighted by atomic mass is 10.1. The molecule has 0 spiro atoms. The lowest BCUT2D eigenvalue weighted by Crippen LogP contribution is -2.15. The van der Waals surface area contributed by atoms with Gasteiger partial charge < -0.3 is 19.5 Å². The second-order valence-corrected chi connectivity index (χ2v) is 7.17. The van der Waals surface area contributed by atoms with Crippen LogP contribution in [0, 0.1) is 0 Å². The zero-order chi connectivity index (χ0) is 23.8. The van der Waals surface area contributed by atoms with Gasteiger partial charge in [-0.2, -0.15) is 0 Å². The van der Waals surface area contributed by atoms with E-state index in [0.29, 0.717) is 29.4 Å². The molecular weight excluding hydrogens is 422 g/mol. The van der Waals surface area contributed by atoms with Crippen molar-refractivity contribution in [2.24, 2.45) is 0 Å². The maximum atomic E-state index is 13.1. The Morgan fingerprint density at radius 3 is 2.24 bits per heavy atom. The minimum atomic E-state index is -0.595. The summed E-state index contributed by atoms with van der Waals surface area (Å²) in [6, 6.07) is 18.8. The van der Waals surface area contributed by atoms with Crippen molar-refractivity contribution in [2.75, 3.05) is 19.0 Å².